The standard InChI is InChI=1S/C23H33N7O6S/c1-13-6-14(2)19(15(3)7-13)37(34,35)30-18(21(32)33)11-26-20(31)17-9-23(36-29-17)8-16(28-12-23)10-27-22-24-4-5-25-22/h6-7,16,18,28,30H,4-5,8-12H2,1-3H3,(H,26,31)(H,32,33)(H2,24,25,27)/t16?,18?,23-/m0/s1. The molecule has 0 saturated carbocycles. The van der Waals surface area contributed by atoms with Crippen LogP contribution in [0.1, 0.15) is 29.5 Å². The highest BCUT2D eigenvalue weighted by Gasteiger charge is 2.47. The van der Waals surface area contributed by atoms with E-state index in [0.717, 1.165) is 24.6 Å². The number of carboxylic acid groups (broad SMARTS) is 1. The van der Waals surface area contributed by atoms with E-state index in [1.807, 2.05) is 6.92 Å². The highest BCUT2D eigenvalue weighted by Crippen LogP contribution is 2.32. The van der Waals surface area contributed by atoms with Crippen LogP contribution in [0.2, 0.25) is 0 Å². The number of aryl methyl sites for hydroxylation is 3. The molecule has 0 aliphatic carbocycles. The van der Waals surface area contributed by atoms with Gasteiger partial charge < -0.3 is 31.2 Å². The molecular weight excluding hydrogens is 502 g/mol. The van der Waals surface area contributed by atoms with Crippen molar-refractivity contribution in [1.82, 2.24) is 26.0 Å². The van der Waals surface area contributed by atoms with Gasteiger partial charge in [0.1, 0.15) is 11.8 Å². The number of hydrogen-bond acceptors (Lipinski definition) is 10. The van der Waals surface area contributed by atoms with Gasteiger partial charge in [-0.1, -0.05) is 22.9 Å². The van der Waals surface area contributed by atoms with Crippen molar-refractivity contribution < 1.29 is 28.0 Å². The van der Waals surface area contributed by atoms with Gasteiger partial charge in [-0.3, -0.25) is 14.6 Å². The lowest BCUT2D eigenvalue weighted by molar-refractivity contribution is -0.138. The monoisotopic (exact) mass is 535 g/mol. The third-order valence-electron chi connectivity index (χ3n) is 6.56. The second-order valence-corrected chi connectivity index (χ2v) is 11.4. The molecule has 14 heteroatoms. The fourth-order valence-corrected chi connectivity index (χ4v) is 6.61. The van der Waals surface area contributed by atoms with E-state index in [4.69, 9.17) is 4.84 Å². The second-order valence-electron chi connectivity index (χ2n) is 9.76. The van der Waals surface area contributed by atoms with Gasteiger partial charge in [-0.15, -0.1) is 0 Å². The van der Waals surface area contributed by atoms with E-state index in [2.05, 4.69) is 36.1 Å². The Labute approximate surface area is 215 Å². The van der Waals surface area contributed by atoms with Gasteiger partial charge in [0.25, 0.3) is 5.91 Å². The Bertz CT molecular complexity index is 1220. The number of amides is 1. The Morgan fingerprint density at radius 1 is 1.27 bits per heavy atom. The first-order valence-electron chi connectivity index (χ1n) is 12.1. The van der Waals surface area contributed by atoms with Crippen LogP contribution in [0.3, 0.4) is 0 Å². The van der Waals surface area contributed by atoms with E-state index in [-0.39, 0.29) is 23.1 Å². The van der Waals surface area contributed by atoms with Crippen molar-refractivity contribution in [2.45, 2.75) is 56.2 Å². The predicted octanol–water partition coefficient (Wildman–Crippen LogP) is -1.11. The van der Waals surface area contributed by atoms with E-state index in [9.17, 15) is 23.1 Å². The van der Waals surface area contributed by atoms with Crippen LogP contribution in [0.4, 0.5) is 0 Å². The molecule has 0 aromatic heterocycles. The Balaban J connectivity index is 1.31. The van der Waals surface area contributed by atoms with Gasteiger partial charge in [0.05, 0.1) is 11.4 Å². The topological polar surface area (TPSA) is 183 Å². The molecule has 1 saturated heterocycles. The first kappa shape index (κ1) is 26.8. The molecule has 1 spiro atoms. The number of nitrogens with zero attached hydrogens (tertiary/aromatic N) is 2. The number of aliphatic carboxylic acids is 1. The molecule has 1 fully saturated rings. The zero-order chi connectivity index (χ0) is 26.8. The van der Waals surface area contributed by atoms with Crippen LogP contribution in [0.15, 0.2) is 27.2 Å². The summed E-state index contributed by atoms with van der Waals surface area (Å²) < 4.78 is 28.2. The van der Waals surface area contributed by atoms with E-state index >= 15 is 0 Å². The SMILES string of the molecule is Cc1cc(C)c(S(=O)(=O)NC(CNC(=O)C2=NO[C@]3(CNC(CNC4=NCCN4)C3)C2)C(=O)O)c(C)c1. The molecule has 1 amide bonds. The zero-order valence-corrected chi connectivity index (χ0v) is 21.9. The van der Waals surface area contributed by atoms with Crippen LogP contribution in [0.5, 0.6) is 0 Å². The number of aliphatic imine (C=N–C) groups is 1. The van der Waals surface area contributed by atoms with Crippen molar-refractivity contribution >= 4 is 33.6 Å². The zero-order valence-electron chi connectivity index (χ0n) is 21.1. The number of benzene rings is 1. The minimum atomic E-state index is -4.15. The summed E-state index contributed by atoms with van der Waals surface area (Å²) in [6.45, 7) is 7.40. The molecule has 2 unspecified atom stereocenters. The molecule has 0 radical (unpaired) electrons. The maximum atomic E-state index is 13.0. The molecule has 37 heavy (non-hydrogen) atoms. The molecule has 0 bridgehead atoms. The van der Waals surface area contributed by atoms with Gasteiger partial charge in [0.2, 0.25) is 10.0 Å². The summed E-state index contributed by atoms with van der Waals surface area (Å²) >= 11 is 0. The summed E-state index contributed by atoms with van der Waals surface area (Å²) in [5, 5.41) is 25.8. The smallest absolute Gasteiger partial charge is 0.323 e. The van der Waals surface area contributed by atoms with E-state index in [1.54, 1.807) is 26.0 Å². The summed E-state index contributed by atoms with van der Waals surface area (Å²) in [5.41, 5.74) is 1.39. The highest BCUT2D eigenvalue weighted by molar-refractivity contribution is 7.89. The molecule has 4 rings (SSSR count). The van der Waals surface area contributed by atoms with Crippen LogP contribution in [0.25, 0.3) is 0 Å². The number of carbonyl (C=O) groups is 2. The summed E-state index contributed by atoms with van der Waals surface area (Å²) in [6, 6.07) is 1.96. The molecule has 6 N–H and O–H groups in total. The Kier molecular flexibility index (Phi) is 7.71. The molecule has 3 heterocycles. The maximum absolute atomic E-state index is 13.0. The van der Waals surface area contributed by atoms with E-state index < -0.39 is 40.1 Å². The first-order valence-corrected chi connectivity index (χ1v) is 13.6. The molecule has 3 aliphatic heterocycles. The molecule has 13 nitrogen and oxygen atoms in total. The van der Waals surface area contributed by atoms with Crippen molar-refractivity contribution in [3.05, 3.63) is 28.8 Å². The van der Waals surface area contributed by atoms with Crippen molar-refractivity contribution in [3.63, 3.8) is 0 Å². The lowest BCUT2D eigenvalue weighted by atomic mass is 9.94. The molecule has 3 aliphatic rings. The van der Waals surface area contributed by atoms with E-state index in [0.29, 0.717) is 30.6 Å². The van der Waals surface area contributed by atoms with Crippen LogP contribution >= 0.6 is 0 Å². The molecule has 202 valence electrons. The fourth-order valence-electron chi connectivity index (χ4n) is 4.96. The van der Waals surface area contributed by atoms with Gasteiger partial charge in [-0.05, 0) is 31.9 Å². The summed E-state index contributed by atoms with van der Waals surface area (Å²) in [6.07, 6.45) is 0.882. The lowest BCUT2D eigenvalue weighted by Crippen LogP contribution is -2.49. The molecule has 3 atom stereocenters. The Hall–Kier alpha value is -3.23. The number of oxime groups is 1. The minimum Gasteiger partial charge on any atom is -0.480 e. The van der Waals surface area contributed by atoms with Crippen LogP contribution < -0.4 is 26.0 Å². The number of hydrogen-bond donors (Lipinski definition) is 6. The number of carboxylic acids is 1. The number of nitrogens with one attached hydrogen (secondary N) is 5. The van der Waals surface area contributed by atoms with Gasteiger partial charge in [-0.25, -0.2) is 8.42 Å². The maximum Gasteiger partial charge on any atom is 0.323 e. The predicted molar refractivity (Wildman–Crippen MR) is 136 cm³/mol. The van der Waals surface area contributed by atoms with Crippen LogP contribution in [0, 0.1) is 20.8 Å². The third-order valence-corrected chi connectivity index (χ3v) is 8.33. The highest BCUT2D eigenvalue weighted by atomic mass is 32.2. The van der Waals surface area contributed by atoms with Gasteiger partial charge in [0, 0.05) is 45.1 Å². The summed E-state index contributed by atoms with van der Waals surface area (Å²) in [7, 11) is -4.15. The molecule has 1 aromatic carbocycles. The van der Waals surface area contributed by atoms with Crippen molar-refractivity contribution in [2.75, 3.05) is 32.7 Å². The van der Waals surface area contributed by atoms with Crippen molar-refractivity contribution in [1.29, 1.82) is 0 Å². The largest absolute Gasteiger partial charge is 0.480 e. The minimum absolute atomic E-state index is 0.0275. The normalized spacial score (nSPS) is 23.7. The average Bonchev–Trinajstić information content (AvgIpc) is 3.56. The Morgan fingerprint density at radius 3 is 2.65 bits per heavy atom. The van der Waals surface area contributed by atoms with Gasteiger partial charge >= 0.3 is 5.97 Å². The van der Waals surface area contributed by atoms with Crippen LogP contribution in [-0.2, 0) is 24.4 Å². The van der Waals surface area contributed by atoms with Gasteiger partial charge in [-0.2, -0.15) is 4.72 Å². The number of sulfonamides is 1. The fraction of sp³-hybridized carbons (Fsp3) is 0.565. The summed E-state index contributed by atoms with van der Waals surface area (Å²) in [4.78, 5) is 34.5. The van der Waals surface area contributed by atoms with Crippen LogP contribution in [-0.4, -0.2) is 87.5 Å². The quantitative estimate of drug-likeness (QED) is 0.228. The van der Waals surface area contributed by atoms with E-state index in [1.165, 1.54) is 0 Å². The molecular formula is C23H33N7O6S. The average molecular weight is 536 g/mol. The van der Waals surface area contributed by atoms with Gasteiger partial charge in [0.15, 0.2) is 11.6 Å². The number of guanidine groups is 1. The Morgan fingerprint density at radius 2 is 2.00 bits per heavy atom. The third kappa shape index (κ3) is 6.19. The first-order chi connectivity index (χ1) is 17.5. The van der Waals surface area contributed by atoms with Crippen molar-refractivity contribution in [2.24, 2.45) is 10.1 Å². The second kappa shape index (κ2) is 10.6. The number of carbonyl (C=O) groups excluding carboxylic acids is 1. The molecule has 1 aromatic rings. The number of rotatable bonds is 9. The van der Waals surface area contributed by atoms with Crippen molar-refractivity contribution in [3.8, 4) is 0 Å². The summed E-state index contributed by atoms with van der Waals surface area (Å²) in [5.74, 6) is -1.25. The lowest BCUT2D eigenvalue weighted by Gasteiger charge is -2.20.